The van der Waals surface area contributed by atoms with Crippen LogP contribution in [-0.4, -0.2) is 20.2 Å². The van der Waals surface area contributed by atoms with E-state index in [4.69, 9.17) is 4.74 Å². The molecule has 0 heterocycles. The van der Waals surface area contributed by atoms with Gasteiger partial charge < -0.3 is 9.47 Å². The predicted molar refractivity (Wildman–Crippen MR) is 46.5 cm³/mol. The number of hydrogen-bond donors (Lipinski definition) is 0. The highest BCUT2D eigenvalue weighted by molar-refractivity contribution is 5.83. The van der Waals surface area contributed by atoms with E-state index in [1.807, 2.05) is 6.92 Å². The highest BCUT2D eigenvalue weighted by Crippen LogP contribution is 2.02. The smallest absolute Gasteiger partial charge is 0.330 e. The van der Waals surface area contributed by atoms with Gasteiger partial charge in [0, 0.05) is 6.08 Å². The Hall–Kier alpha value is -1.25. The van der Waals surface area contributed by atoms with E-state index < -0.39 is 0 Å². The molecule has 0 aliphatic heterocycles. The lowest BCUT2D eigenvalue weighted by atomic mass is 10.2. The summed E-state index contributed by atoms with van der Waals surface area (Å²) in [4.78, 5) is 10.8. The van der Waals surface area contributed by atoms with Gasteiger partial charge in [-0.1, -0.05) is 6.92 Å². The fourth-order valence-electron chi connectivity index (χ4n) is 0.634. The maximum absolute atomic E-state index is 10.8. The van der Waals surface area contributed by atoms with Gasteiger partial charge in [0.15, 0.2) is 0 Å². The van der Waals surface area contributed by atoms with Crippen LogP contribution in [0.2, 0.25) is 0 Å². The summed E-state index contributed by atoms with van der Waals surface area (Å²) in [6, 6.07) is 0. The zero-order valence-corrected chi connectivity index (χ0v) is 7.66. The second kappa shape index (κ2) is 6.46. The van der Waals surface area contributed by atoms with Crippen LogP contribution in [-0.2, 0) is 14.3 Å². The summed E-state index contributed by atoms with van der Waals surface area (Å²) < 4.78 is 9.19. The van der Waals surface area contributed by atoms with Crippen LogP contribution in [0.1, 0.15) is 13.3 Å². The molecule has 0 aromatic carbocycles. The number of esters is 1. The summed E-state index contributed by atoms with van der Waals surface area (Å²) in [5.41, 5.74) is 0.878. The van der Waals surface area contributed by atoms with Crippen molar-refractivity contribution in [1.29, 1.82) is 0 Å². The molecule has 0 atom stereocenters. The van der Waals surface area contributed by atoms with Gasteiger partial charge in [-0.05, 0) is 18.1 Å². The minimum atomic E-state index is -0.340. The first-order chi connectivity index (χ1) is 5.74. The lowest BCUT2D eigenvalue weighted by Gasteiger charge is -1.96. The summed E-state index contributed by atoms with van der Waals surface area (Å²) in [7, 11) is 2.91. The van der Waals surface area contributed by atoms with E-state index >= 15 is 0 Å². The van der Waals surface area contributed by atoms with Crippen LogP contribution in [0.5, 0.6) is 0 Å². The van der Waals surface area contributed by atoms with E-state index in [1.54, 1.807) is 13.2 Å². The van der Waals surface area contributed by atoms with E-state index in [-0.39, 0.29) is 5.97 Å². The highest BCUT2D eigenvalue weighted by atomic mass is 16.5. The molecule has 0 N–H and O–H groups in total. The van der Waals surface area contributed by atoms with Crippen molar-refractivity contribution in [3.8, 4) is 0 Å². The van der Waals surface area contributed by atoms with Crippen molar-refractivity contribution in [2.75, 3.05) is 14.2 Å². The van der Waals surface area contributed by atoms with Gasteiger partial charge in [0.1, 0.15) is 0 Å². The van der Waals surface area contributed by atoms with Gasteiger partial charge in [0.2, 0.25) is 0 Å². The zero-order chi connectivity index (χ0) is 9.40. The zero-order valence-electron chi connectivity index (χ0n) is 7.66. The monoisotopic (exact) mass is 170 g/mol. The number of methoxy groups -OCH3 is 2. The van der Waals surface area contributed by atoms with Crippen molar-refractivity contribution in [3.05, 3.63) is 24.0 Å². The lowest BCUT2D eigenvalue weighted by Crippen LogP contribution is -1.95. The summed E-state index contributed by atoms with van der Waals surface area (Å²) >= 11 is 0. The number of allylic oxidation sites excluding steroid dienone is 2. The minimum absolute atomic E-state index is 0.340. The van der Waals surface area contributed by atoms with Crippen LogP contribution in [0.3, 0.4) is 0 Å². The Morgan fingerprint density at radius 1 is 1.42 bits per heavy atom. The van der Waals surface area contributed by atoms with Gasteiger partial charge >= 0.3 is 5.97 Å². The van der Waals surface area contributed by atoms with E-state index in [0.717, 1.165) is 12.0 Å². The fraction of sp³-hybridized carbons (Fsp3) is 0.444. The van der Waals surface area contributed by atoms with Crippen LogP contribution in [0, 0.1) is 0 Å². The molecule has 68 valence electrons. The van der Waals surface area contributed by atoms with Crippen molar-refractivity contribution >= 4 is 5.97 Å². The normalized spacial score (nSPS) is 11.8. The van der Waals surface area contributed by atoms with E-state index in [9.17, 15) is 4.79 Å². The van der Waals surface area contributed by atoms with Gasteiger partial charge in [0.05, 0.1) is 20.5 Å². The summed E-state index contributed by atoms with van der Waals surface area (Å²) in [6.07, 6.45) is 5.47. The highest BCUT2D eigenvalue weighted by Gasteiger charge is 1.95. The maximum Gasteiger partial charge on any atom is 0.330 e. The molecule has 0 aromatic heterocycles. The van der Waals surface area contributed by atoms with Crippen molar-refractivity contribution in [2.45, 2.75) is 13.3 Å². The number of hydrogen-bond acceptors (Lipinski definition) is 3. The van der Waals surface area contributed by atoms with Crippen LogP contribution in [0.4, 0.5) is 0 Å². The Kier molecular flexibility index (Phi) is 5.79. The second-order valence-electron chi connectivity index (χ2n) is 2.13. The molecule has 0 saturated carbocycles. The van der Waals surface area contributed by atoms with E-state index in [1.165, 1.54) is 19.4 Å². The Bertz CT molecular complexity index is 192. The van der Waals surface area contributed by atoms with E-state index in [0.29, 0.717) is 0 Å². The Morgan fingerprint density at radius 2 is 2.08 bits per heavy atom. The topological polar surface area (TPSA) is 35.5 Å². The molecule has 0 rings (SSSR count). The van der Waals surface area contributed by atoms with Crippen LogP contribution in [0.25, 0.3) is 0 Å². The van der Waals surface area contributed by atoms with Crippen molar-refractivity contribution < 1.29 is 14.3 Å². The summed E-state index contributed by atoms with van der Waals surface area (Å²) in [5.74, 6) is -0.340. The first-order valence-corrected chi connectivity index (χ1v) is 3.72. The molecule has 0 radical (unpaired) electrons. The average molecular weight is 170 g/mol. The first-order valence-electron chi connectivity index (χ1n) is 3.72. The van der Waals surface area contributed by atoms with Gasteiger partial charge in [-0.3, -0.25) is 0 Å². The number of carbonyl (C=O) groups is 1. The second-order valence-corrected chi connectivity index (χ2v) is 2.13. The van der Waals surface area contributed by atoms with Crippen LogP contribution < -0.4 is 0 Å². The largest absolute Gasteiger partial charge is 0.504 e. The third-order valence-electron chi connectivity index (χ3n) is 1.33. The number of carbonyl (C=O) groups excluding carboxylic acids is 1. The van der Waals surface area contributed by atoms with Crippen LogP contribution in [0.15, 0.2) is 24.0 Å². The molecule has 0 fully saturated rings. The standard InChI is InChI=1S/C9H14O3/c1-4-8(5-6-11-2)7-9(10)12-3/h5-7H,4H2,1-3H3/b6-5+,8-7+. The lowest BCUT2D eigenvalue weighted by molar-refractivity contribution is -0.134. The van der Waals surface area contributed by atoms with Gasteiger partial charge in [-0.2, -0.15) is 0 Å². The Labute approximate surface area is 72.7 Å². The molecule has 0 amide bonds. The summed E-state index contributed by atoms with van der Waals surface area (Å²) in [6.45, 7) is 1.95. The first kappa shape index (κ1) is 10.8. The Balaban J connectivity index is 4.22. The molecule has 0 aliphatic carbocycles. The van der Waals surface area contributed by atoms with Crippen LogP contribution >= 0.6 is 0 Å². The molecule has 0 unspecified atom stereocenters. The third-order valence-corrected chi connectivity index (χ3v) is 1.33. The van der Waals surface area contributed by atoms with Crippen molar-refractivity contribution in [2.24, 2.45) is 0 Å². The molecule has 0 spiro atoms. The molecular weight excluding hydrogens is 156 g/mol. The van der Waals surface area contributed by atoms with Crippen molar-refractivity contribution in [3.63, 3.8) is 0 Å². The number of ether oxygens (including phenoxy) is 2. The molecule has 3 nitrogen and oxygen atoms in total. The molecule has 0 aromatic rings. The van der Waals surface area contributed by atoms with Gasteiger partial charge in [-0.25, -0.2) is 4.79 Å². The third kappa shape index (κ3) is 4.55. The minimum Gasteiger partial charge on any atom is -0.504 e. The SMILES string of the molecule is CCC(/C=C/OC)=C\C(=O)OC. The molecule has 0 saturated heterocycles. The average Bonchev–Trinajstić information content (AvgIpc) is 2.11. The Morgan fingerprint density at radius 3 is 2.50 bits per heavy atom. The van der Waals surface area contributed by atoms with Gasteiger partial charge in [0.25, 0.3) is 0 Å². The number of rotatable bonds is 4. The van der Waals surface area contributed by atoms with Gasteiger partial charge in [-0.15, -0.1) is 0 Å². The van der Waals surface area contributed by atoms with Crippen molar-refractivity contribution in [1.82, 2.24) is 0 Å². The quantitative estimate of drug-likeness (QED) is 0.278. The predicted octanol–water partition coefficient (Wildman–Crippen LogP) is 1.66. The summed E-state index contributed by atoms with van der Waals surface area (Å²) in [5, 5.41) is 0. The maximum atomic E-state index is 10.8. The fourth-order valence-corrected chi connectivity index (χ4v) is 0.634. The molecule has 0 aliphatic rings. The molecular formula is C9H14O3. The molecule has 12 heavy (non-hydrogen) atoms. The molecule has 0 bridgehead atoms. The van der Waals surface area contributed by atoms with E-state index in [2.05, 4.69) is 4.74 Å². The molecule has 3 heteroatoms.